The minimum Gasteiger partial charge on any atom is -0.487 e. The second-order valence-corrected chi connectivity index (χ2v) is 7.74. The zero-order valence-corrected chi connectivity index (χ0v) is 17.0. The number of aryl methyl sites for hydroxylation is 1. The van der Waals surface area contributed by atoms with Gasteiger partial charge in [-0.3, -0.25) is 0 Å². The number of ether oxygens (including phenoxy) is 1. The van der Waals surface area contributed by atoms with Crippen molar-refractivity contribution < 1.29 is 4.74 Å². The molecule has 4 nitrogen and oxygen atoms in total. The highest BCUT2D eigenvalue weighted by atomic mass is 16.5. The van der Waals surface area contributed by atoms with Crippen LogP contribution in [0.5, 0.6) is 5.75 Å². The SMILES string of the molecule is Cc1ccc(C(C)(C)c2ccc(OCc3cccc(-n4cccn4)n3)cc2)cc1. The minimum absolute atomic E-state index is 0.0636. The maximum Gasteiger partial charge on any atom is 0.153 e. The summed E-state index contributed by atoms with van der Waals surface area (Å²) in [6.07, 6.45) is 3.62. The zero-order chi connectivity index (χ0) is 20.3. The van der Waals surface area contributed by atoms with Crippen LogP contribution in [0.3, 0.4) is 0 Å². The van der Waals surface area contributed by atoms with E-state index < -0.39 is 0 Å². The first-order chi connectivity index (χ1) is 14.0. The molecule has 2 aromatic carbocycles. The lowest BCUT2D eigenvalue weighted by molar-refractivity contribution is 0.301. The number of pyridine rings is 1. The summed E-state index contributed by atoms with van der Waals surface area (Å²) >= 11 is 0. The van der Waals surface area contributed by atoms with Crippen LogP contribution in [0.15, 0.2) is 85.2 Å². The van der Waals surface area contributed by atoms with Crippen molar-refractivity contribution in [2.75, 3.05) is 0 Å². The van der Waals surface area contributed by atoms with Crippen molar-refractivity contribution in [2.24, 2.45) is 0 Å². The molecule has 0 aliphatic heterocycles. The van der Waals surface area contributed by atoms with Crippen LogP contribution in [-0.4, -0.2) is 14.8 Å². The molecule has 146 valence electrons. The second kappa shape index (κ2) is 7.92. The molecule has 0 N–H and O–H groups in total. The van der Waals surface area contributed by atoms with Crippen molar-refractivity contribution in [1.29, 1.82) is 0 Å². The first-order valence-corrected chi connectivity index (χ1v) is 9.79. The van der Waals surface area contributed by atoms with Gasteiger partial charge in [-0.2, -0.15) is 5.10 Å². The van der Waals surface area contributed by atoms with Gasteiger partial charge in [0.15, 0.2) is 5.82 Å². The van der Waals surface area contributed by atoms with Crippen molar-refractivity contribution >= 4 is 0 Å². The van der Waals surface area contributed by atoms with Crippen LogP contribution in [0.2, 0.25) is 0 Å². The summed E-state index contributed by atoms with van der Waals surface area (Å²) in [5.74, 6) is 1.62. The van der Waals surface area contributed by atoms with Gasteiger partial charge in [0.2, 0.25) is 0 Å². The first-order valence-electron chi connectivity index (χ1n) is 9.79. The molecule has 0 bridgehead atoms. The van der Waals surface area contributed by atoms with E-state index in [2.05, 4.69) is 67.3 Å². The predicted molar refractivity (Wildman–Crippen MR) is 115 cm³/mol. The Morgan fingerprint density at radius 1 is 0.862 bits per heavy atom. The van der Waals surface area contributed by atoms with E-state index in [0.29, 0.717) is 6.61 Å². The van der Waals surface area contributed by atoms with Crippen molar-refractivity contribution in [3.8, 4) is 11.6 Å². The molecule has 2 aromatic heterocycles. The van der Waals surface area contributed by atoms with Gasteiger partial charge in [-0.25, -0.2) is 9.67 Å². The highest BCUT2D eigenvalue weighted by molar-refractivity contribution is 5.40. The van der Waals surface area contributed by atoms with E-state index in [1.165, 1.54) is 16.7 Å². The Balaban J connectivity index is 1.45. The van der Waals surface area contributed by atoms with Gasteiger partial charge in [0.1, 0.15) is 12.4 Å². The molecular formula is C25H25N3O. The Kier molecular flexibility index (Phi) is 5.17. The lowest BCUT2D eigenvalue weighted by Crippen LogP contribution is -2.18. The molecular weight excluding hydrogens is 358 g/mol. The maximum absolute atomic E-state index is 5.96. The average Bonchev–Trinajstić information content (AvgIpc) is 3.28. The normalized spacial score (nSPS) is 11.4. The molecule has 0 saturated carbocycles. The summed E-state index contributed by atoms with van der Waals surface area (Å²) in [6.45, 7) is 7.02. The fraction of sp³-hybridized carbons (Fsp3) is 0.200. The molecule has 0 atom stereocenters. The van der Waals surface area contributed by atoms with Gasteiger partial charge in [0, 0.05) is 17.8 Å². The average molecular weight is 383 g/mol. The highest BCUT2D eigenvalue weighted by Gasteiger charge is 2.22. The summed E-state index contributed by atoms with van der Waals surface area (Å²) in [4.78, 5) is 4.61. The van der Waals surface area contributed by atoms with E-state index in [4.69, 9.17) is 4.74 Å². The third kappa shape index (κ3) is 4.21. The van der Waals surface area contributed by atoms with Gasteiger partial charge in [-0.1, -0.05) is 61.9 Å². The lowest BCUT2D eigenvalue weighted by atomic mass is 9.78. The molecule has 2 heterocycles. The van der Waals surface area contributed by atoms with Crippen LogP contribution in [0.4, 0.5) is 0 Å². The van der Waals surface area contributed by atoms with E-state index in [-0.39, 0.29) is 5.41 Å². The predicted octanol–water partition coefficient (Wildman–Crippen LogP) is 5.48. The van der Waals surface area contributed by atoms with Crippen molar-refractivity contribution in [2.45, 2.75) is 32.8 Å². The van der Waals surface area contributed by atoms with Crippen molar-refractivity contribution in [3.05, 3.63) is 108 Å². The van der Waals surface area contributed by atoms with E-state index in [1.807, 2.05) is 42.6 Å². The van der Waals surface area contributed by atoms with Crippen LogP contribution >= 0.6 is 0 Å². The maximum atomic E-state index is 5.96. The molecule has 0 aliphatic rings. The van der Waals surface area contributed by atoms with E-state index >= 15 is 0 Å². The third-order valence-electron chi connectivity index (χ3n) is 5.27. The van der Waals surface area contributed by atoms with Gasteiger partial charge in [-0.05, 0) is 48.4 Å². The molecule has 29 heavy (non-hydrogen) atoms. The summed E-state index contributed by atoms with van der Waals surface area (Å²) < 4.78 is 7.70. The Hall–Kier alpha value is -3.40. The molecule has 0 saturated heterocycles. The molecule has 4 aromatic rings. The molecule has 0 spiro atoms. The topological polar surface area (TPSA) is 39.9 Å². The largest absolute Gasteiger partial charge is 0.487 e. The number of nitrogens with zero attached hydrogens (tertiary/aromatic N) is 3. The smallest absolute Gasteiger partial charge is 0.153 e. The Morgan fingerprint density at radius 3 is 2.21 bits per heavy atom. The zero-order valence-electron chi connectivity index (χ0n) is 17.0. The van der Waals surface area contributed by atoms with Crippen molar-refractivity contribution in [3.63, 3.8) is 0 Å². The molecule has 0 fully saturated rings. The van der Waals surface area contributed by atoms with Crippen LogP contribution in [0.1, 0.15) is 36.2 Å². The quantitative estimate of drug-likeness (QED) is 0.443. The summed E-state index contributed by atoms with van der Waals surface area (Å²) in [5.41, 5.74) is 4.64. The monoisotopic (exact) mass is 383 g/mol. The fourth-order valence-electron chi connectivity index (χ4n) is 3.34. The lowest BCUT2D eigenvalue weighted by Gasteiger charge is -2.26. The Bertz CT molecular complexity index is 1070. The number of hydrogen-bond donors (Lipinski definition) is 0. The molecule has 0 radical (unpaired) electrons. The number of hydrogen-bond acceptors (Lipinski definition) is 3. The van der Waals surface area contributed by atoms with Crippen molar-refractivity contribution in [1.82, 2.24) is 14.8 Å². The molecule has 0 aliphatic carbocycles. The fourth-order valence-corrected chi connectivity index (χ4v) is 3.34. The van der Waals surface area contributed by atoms with E-state index in [1.54, 1.807) is 10.9 Å². The van der Waals surface area contributed by atoms with Crippen LogP contribution < -0.4 is 4.74 Å². The third-order valence-corrected chi connectivity index (χ3v) is 5.27. The van der Waals surface area contributed by atoms with Crippen LogP contribution in [0.25, 0.3) is 5.82 Å². The first kappa shape index (κ1) is 18.9. The minimum atomic E-state index is -0.0636. The van der Waals surface area contributed by atoms with Gasteiger partial charge in [0.05, 0.1) is 5.69 Å². The number of aromatic nitrogens is 3. The number of benzene rings is 2. The molecule has 0 amide bonds. The summed E-state index contributed by atoms with van der Waals surface area (Å²) in [5, 5.41) is 4.22. The van der Waals surface area contributed by atoms with E-state index in [9.17, 15) is 0 Å². The van der Waals surface area contributed by atoms with Gasteiger partial charge < -0.3 is 4.74 Å². The molecule has 0 unspecified atom stereocenters. The van der Waals surface area contributed by atoms with Gasteiger partial charge in [-0.15, -0.1) is 0 Å². The van der Waals surface area contributed by atoms with Crippen LogP contribution in [0, 0.1) is 6.92 Å². The summed E-state index contributed by atoms with van der Waals surface area (Å²) in [7, 11) is 0. The van der Waals surface area contributed by atoms with Gasteiger partial charge in [0.25, 0.3) is 0 Å². The standard InChI is InChI=1S/C25H25N3O/c1-19-8-10-20(11-9-19)25(2,3)21-12-14-23(15-13-21)29-18-22-6-4-7-24(27-22)28-17-5-16-26-28/h4-17H,18H2,1-3H3. The van der Waals surface area contributed by atoms with Crippen LogP contribution in [-0.2, 0) is 12.0 Å². The Morgan fingerprint density at radius 2 is 1.55 bits per heavy atom. The van der Waals surface area contributed by atoms with E-state index in [0.717, 1.165) is 17.3 Å². The molecule has 4 rings (SSSR count). The highest BCUT2D eigenvalue weighted by Crippen LogP contribution is 2.32. The summed E-state index contributed by atoms with van der Waals surface area (Å²) in [6, 6.07) is 24.8. The molecule has 4 heteroatoms. The second-order valence-electron chi connectivity index (χ2n) is 7.74. The Labute approximate surface area is 171 Å². The number of rotatable bonds is 6. The van der Waals surface area contributed by atoms with Gasteiger partial charge >= 0.3 is 0 Å².